The smallest absolute Gasteiger partial charge is 0.248 e. The van der Waals surface area contributed by atoms with Gasteiger partial charge in [0.15, 0.2) is 0 Å². The number of fused-ring (bicyclic) bond motifs is 4. The zero-order valence-electron chi connectivity index (χ0n) is 15.8. The lowest BCUT2D eigenvalue weighted by molar-refractivity contribution is 0.409. The van der Waals surface area contributed by atoms with Crippen LogP contribution in [0.25, 0.3) is 0 Å². The minimum absolute atomic E-state index is 0.000950. The van der Waals surface area contributed by atoms with Gasteiger partial charge < -0.3 is 10.7 Å². The molecule has 0 radical (unpaired) electrons. The molecule has 0 saturated heterocycles. The molecule has 0 saturated carbocycles. The van der Waals surface area contributed by atoms with Gasteiger partial charge in [-0.3, -0.25) is 4.79 Å². The van der Waals surface area contributed by atoms with Gasteiger partial charge in [-0.25, -0.2) is 0 Å². The van der Waals surface area contributed by atoms with E-state index in [1.165, 1.54) is 12.1 Å². The Morgan fingerprint density at radius 3 is 3.28 bits per heavy atom. The van der Waals surface area contributed by atoms with Crippen LogP contribution in [0.3, 0.4) is 0 Å². The molecule has 0 spiro atoms. The second-order valence-corrected chi connectivity index (χ2v) is 4.97. The van der Waals surface area contributed by atoms with Crippen molar-refractivity contribution in [2.75, 3.05) is 0 Å². The molecule has 3 nitrogen and oxygen atoms in total. The molecule has 18 heavy (non-hydrogen) atoms. The van der Waals surface area contributed by atoms with Crippen molar-refractivity contribution in [3.8, 4) is 0 Å². The van der Waals surface area contributed by atoms with Gasteiger partial charge in [0.05, 0.1) is 5.54 Å². The molecule has 2 aliphatic carbocycles. The largest absolute Gasteiger partial charge is 0.326 e. The molecule has 1 heterocycles. The zero-order valence-corrected chi connectivity index (χ0v) is 9.79. The van der Waals surface area contributed by atoms with E-state index in [9.17, 15) is 4.79 Å². The van der Waals surface area contributed by atoms with E-state index in [0.717, 1.165) is 0 Å². The third kappa shape index (κ3) is 1.44. The molecule has 2 aliphatic rings. The van der Waals surface area contributed by atoms with Gasteiger partial charge in [0, 0.05) is 25.9 Å². The van der Waals surface area contributed by atoms with Crippen molar-refractivity contribution in [2.45, 2.75) is 32.1 Å². The summed E-state index contributed by atoms with van der Waals surface area (Å²) in [5, 5.41) is 0. The lowest BCUT2D eigenvalue weighted by Gasteiger charge is -2.45. The van der Waals surface area contributed by atoms with Crippen LogP contribution in [0.4, 0.5) is 0 Å². The molecule has 0 unspecified atom stereocenters. The van der Waals surface area contributed by atoms with Crippen molar-refractivity contribution in [1.29, 1.82) is 0 Å². The van der Waals surface area contributed by atoms with Crippen LogP contribution >= 0.6 is 0 Å². The van der Waals surface area contributed by atoms with Gasteiger partial charge in [0.1, 0.15) is 0 Å². The van der Waals surface area contributed by atoms with Crippen LogP contribution in [0, 0.1) is 5.92 Å². The van der Waals surface area contributed by atoms with Gasteiger partial charge in [-0.05, 0) is 43.7 Å². The molecule has 1 aromatic heterocycles. The maximum absolute atomic E-state index is 11.6. The highest BCUT2D eigenvalue weighted by Crippen LogP contribution is 2.47. The molecule has 0 aromatic carbocycles. The van der Waals surface area contributed by atoms with Crippen molar-refractivity contribution in [3.05, 3.63) is 57.0 Å². The average molecular weight is 248 g/mol. The summed E-state index contributed by atoms with van der Waals surface area (Å²) in [6, 6.07) is 2.90. The topological polar surface area (TPSA) is 58.9 Å². The minimum atomic E-state index is -2.32. The summed E-state index contributed by atoms with van der Waals surface area (Å²) in [6.07, 6.45) is 3.08. The van der Waals surface area contributed by atoms with Gasteiger partial charge in [-0.1, -0.05) is 17.7 Å². The number of aromatic amines is 1. The Hall–Kier alpha value is -1.61. The molecule has 0 amide bonds. The predicted octanol–water partition coefficient (Wildman–Crippen LogP) is 2.00. The normalized spacial score (nSPS) is 38.4. The second kappa shape index (κ2) is 3.69. The summed E-state index contributed by atoms with van der Waals surface area (Å²) < 4.78 is 45.6. The number of hydrogen-bond acceptors (Lipinski definition) is 2. The fourth-order valence-corrected chi connectivity index (χ4v) is 3.10. The summed E-state index contributed by atoms with van der Waals surface area (Å²) in [6.45, 7) is -4.60. The third-order valence-electron chi connectivity index (χ3n) is 3.85. The van der Waals surface area contributed by atoms with Crippen LogP contribution in [0.15, 0.2) is 40.2 Å². The van der Waals surface area contributed by atoms with Gasteiger partial charge in [-0.15, -0.1) is 0 Å². The highest BCUT2D eigenvalue weighted by molar-refractivity contribution is 5.48. The molecular weight excluding hydrogens is 224 g/mol. The Bertz CT molecular complexity index is 801. The standard InChI is InChI=1S/C15H18N2O/c1-3-11-10-6-9(2)8-15(11,16)12-4-5-14(18)17-13(12)7-10/h3-6,10H,7-8,16H2,1-2H3,(H,17,18)/t10-,15+/m0/s1/i1D3,2D3. The fraction of sp³-hybridized carbons (Fsp3) is 0.400. The van der Waals surface area contributed by atoms with E-state index >= 15 is 0 Å². The maximum atomic E-state index is 11.6. The van der Waals surface area contributed by atoms with Crippen molar-refractivity contribution < 1.29 is 8.22 Å². The minimum Gasteiger partial charge on any atom is -0.326 e. The third-order valence-corrected chi connectivity index (χ3v) is 3.85. The average Bonchev–Trinajstić information content (AvgIpc) is 2.38. The van der Waals surface area contributed by atoms with Gasteiger partial charge in [0.25, 0.3) is 0 Å². The Kier molecular flexibility index (Phi) is 1.34. The first-order valence-corrected chi connectivity index (χ1v) is 5.86. The number of H-pyrrole nitrogens is 1. The van der Waals surface area contributed by atoms with Crippen molar-refractivity contribution in [2.24, 2.45) is 11.7 Å². The Morgan fingerprint density at radius 1 is 1.61 bits per heavy atom. The van der Waals surface area contributed by atoms with Crippen molar-refractivity contribution in [1.82, 2.24) is 4.98 Å². The second-order valence-electron chi connectivity index (χ2n) is 4.97. The lowest BCUT2D eigenvalue weighted by atomic mass is 9.63. The number of nitrogens with one attached hydrogen (secondary N) is 1. The Balaban J connectivity index is 2.25. The van der Waals surface area contributed by atoms with Crippen molar-refractivity contribution in [3.63, 3.8) is 0 Å². The van der Waals surface area contributed by atoms with Gasteiger partial charge >= 0.3 is 0 Å². The SMILES string of the molecule is [2H]C([2H])([2H])C=C1[C@H]2C=C(C([2H])([2H])[2H])C[C@]1(N)c1ccc(=O)[nH]c1C2. The maximum Gasteiger partial charge on any atom is 0.248 e. The number of pyridine rings is 1. The molecule has 3 N–H and O–H groups in total. The van der Waals surface area contributed by atoms with E-state index in [4.69, 9.17) is 14.0 Å². The summed E-state index contributed by atoms with van der Waals surface area (Å²) in [4.78, 5) is 14.3. The lowest BCUT2D eigenvalue weighted by Crippen LogP contribution is -2.48. The molecule has 0 fully saturated rings. The number of rotatable bonds is 0. The summed E-state index contributed by atoms with van der Waals surface area (Å²) >= 11 is 0. The monoisotopic (exact) mass is 248 g/mol. The first-order chi connectivity index (χ1) is 10.9. The molecule has 2 bridgehead atoms. The number of aromatic nitrogens is 1. The Morgan fingerprint density at radius 2 is 2.50 bits per heavy atom. The van der Waals surface area contributed by atoms with Gasteiger partial charge in [-0.2, -0.15) is 0 Å². The van der Waals surface area contributed by atoms with E-state index in [0.29, 0.717) is 23.3 Å². The van der Waals surface area contributed by atoms with Crippen LogP contribution < -0.4 is 11.3 Å². The molecule has 2 atom stereocenters. The Labute approximate surface area is 115 Å². The van der Waals surface area contributed by atoms with E-state index in [2.05, 4.69) is 4.98 Å². The first kappa shape index (κ1) is 6.53. The van der Waals surface area contributed by atoms with Crippen LogP contribution in [-0.4, -0.2) is 4.98 Å². The molecule has 1 aromatic rings. The summed E-state index contributed by atoms with van der Waals surface area (Å²) in [5.74, 6) is -0.454. The van der Waals surface area contributed by atoms with E-state index in [1.54, 1.807) is 12.1 Å². The van der Waals surface area contributed by atoms with Crippen molar-refractivity contribution >= 4 is 0 Å². The van der Waals surface area contributed by atoms with Crippen LogP contribution in [0.2, 0.25) is 0 Å². The van der Waals surface area contributed by atoms with Crippen LogP contribution in [-0.2, 0) is 12.0 Å². The zero-order chi connectivity index (χ0) is 17.9. The molecular formula is C15H18N2O. The molecule has 94 valence electrons. The fourth-order valence-electron chi connectivity index (χ4n) is 3.10. The predicted molar refractivity (Wildman–Crippen MR) is 72.3 cm³/mol. The summed E-state index contributed by atoms with van der Waals surface area (Å²) in [5.41, 5.74) is 7.01. The highest BCUT2D eigenvalue weighted by Gasteiger charge is 2.43. The van der Waals surface area contributed by atoms with E-state index < -0.39 is 25.2 Å². The van der Waals surface area contributed by atoms with E-state index in [-0.39, 0.29) is 17.6 Å². The quantitative estimate of drug-likeness (QED) is 0.690. The van der Waals surface area contributed by atoms with Gasteiger partial charge in [0.2, 0.25) is 5.56 Å². The molecule has 3 heteroatoms. The molecule has 0 aliphatic heterocycles. The number of nitrogens with two attached hydrogens (primary N) is 1. The van der Waals surface area contributed by atoms with Crippen LogP contribution in [0.1, 0.15) is 39.6 Å². The summed E-state index contributed by atoms with van der Waals surface area (Å²) in [7, 11) is 0. The van der Waals surface area contributed by atoms with Crippen LogP contribution in [0.5, 0.6) is 0 Å². The van der Waals surface area contributed by atoms with E-state index in [1.807, 2.05) is 0 Å². The highest BCUT2D eigenvalue weighted by atomic mass is 16.1. The first-order valence-electron chi connectivity index (χ1n) is 8.86. The molecule has 3 rings (SSSR count). The number of allylic oxidation sites excluding steroid dienone is 2. The number of hydrogen-bond donors (Lipinski definition) is 2.